The Bertz CT molecular complexity index is 165. The highest BCUT2D eigenvalue weighted by Crippen LogP contribution is 2.03. The smallest absolute Gasteiger partial charge is 0.242 e. The largest absolute Gasteiger partial charge is 0.376 e. The fourth-order valence-electron chi connectivity index (χ4n) is 1.27. The summed E-state index contributed by atoms with van der Waals surface area (Å²) in [5.41, 5.74) is 0. The number of carbonyl (C=O) groups excluding carboxylic acids is 1. The van der Waals surface area contributed by atoms with Crippen LogP contribution in [-0.4, -0.2) is 43.2 Å². The molecule has 1 amide bonds. The Balaban J connectivity index is 2.27. The summed E-state index contributed by atoms with van der Waals surface area (Å²) in [5.74, 6) is 0.0599. The molecule has 0 aromatic heterocycles. The van der Waals surface area contributed by atoms with Gasteiger partial charge in [-0.15, -0.1) is 0 Å². The third-order valence-electron chi connectivity index (χ3n) is 1.80. The Hall–Kier alpha value is 0.120. The fourth-order valence-corrected chi connectivity index (χ4v) is 1.44. The van der Waals surface area contributed by atoms with E-state index in [2.05, 4.69) is 8.43 Å². The van der Waals surface area contributed by atoms with Crippen LogP contribution in [0.25, 0.3) is 0 Å². The standard InChI is InChI=1S/C7H13IN2O2/c1-6-4-10(2-3-12-6)5-7(11)9-8/h6H,2-5H2,1H3,(H,9,11). The van der Waals surface area contributed by atoms with Crippen LogP contribution < -0.4 is 3.53 Å². The molecule has 0 aliphatic carbocycles. The van der Waals surface area contributed by atoms with Crippen LogP contribution in [0.3, 0.4) is 0 Å². The van der Waals surface area contributed by atoms with Crippen molar-refractivity contribution in [1.29, 1.82) is 0 Å². The number of hydrogen-bond donors (Lipinski definition) is 1. The monoisotopic (exact) mass is 284 g/mol. The van der Waals surface area contributed by atoms with Crippen molar-refractivity contribution in [1.82, 2.24) is 8.43 Å². The molecule has 70 valence electrons. The third kappa shape index (κ3) is 3.24. The first-order chi connectivity index (χ1) is 5.72. The van der Waals surface area contributed by atoms with Crippen LogP contribution in [0.4, 0.5) is 0 Å². The maximum absolute atomic E-state index is 11.0. The van der Waals surface area contributed by atoms with E-state index in [-0.39, 0.29) is 12.0 Å². The zero-order chi connectivity index (χ0) is 8.97. The summed E-state index contributed by atoms with van der Waals surface area (Å²) in [5, 5.41) is 0. The fraction of sp³-hybridized carbons (Fsp3) is 0.857. The summed E-state index contributed by atoms with van der Waals surface area (Å²) in [6.07, 6.45) is 0.251. The average molecular weight is 284 g/mol. The van der Waals surface area contributed by atoms with Gasteiger partial charge >= 0.3 is 0 Å². The number of halogens is 1. The van der Waals surface area contributed by atoms with E-state index in [1.165, 1.54) is 0 Å². The van der Waals surface area contributed by atoms with Crippen LogP contribution in [0.15, 0.2) is 0 Å². The van der Waals surface area contributed by atoms with E-state index in [4.69, 9.17) is 4.74 Å². The second-order valence-electron chi connectivity index (χ2n) is 2.93. The highest BCUT2D eigenvalue weighted by molar-refractivity contribution is 14.1. The molecule has 5 heteroatoms. The summed E-state index contributed by atoms with van der Waals surface area (Å²) in [7, 11) is 0. The molecule has 1 atom stereocenters. The number of nitrogens with one attached hydrogen (secondary N) is 1. The van der Waals surface area contributed by atoms with Crippen LogP contribution in [0.1, 0.15) is 6.92 Å². The number of nitrogens with zero attached hydrogens (tertiary/aromatic N) is 1. The van der Waals surface area contributed by atoms with Crippen molar-refractivity contribution in [3.05, 3.63) is 0 Å². The molecule has 1 saturated heterocycles. The molecule has 0 spiro atoms. The van der Waals surface area contributed by atoms with Crippen LogP contribution in [0.5, 0.6) is 0 Å². The molecule has 4 nitrogen and oxygen atoms in total. The van der Waals surface area contributed by atoms with Crippen molar-refractivity contribution in [2.24, 2.45) is 0 Å². The molecule has 0 radical (unpaired) electrons. The van der Waals surface area contributed by atoms with Gasteiger partial charge in [0.2, 0.25) is 5.91 Å². The zero-order valence-corrected chi connectivity index (χ0v) is 9.20. The molecule has 1 fully saturated rings. The van der Waals surface area contributed by atoms with Gasteiger partial charge < -0.3 is 4.74 Å². The van der Waals surface area contributed by atoms with Crippen molar-refractivity contribution in [3.63, 3.8) is 0 Å². The van der Waals surface area contributed by atoms with Gasteiger partial charge in [0.15, 0.2) is 0 Å². The molecule has 0 aromatic carbocycles. The molecule has 1 N–H and O–H groups in total. The van der Waals surface area contributed by atoms with Crippen molar-refractivity contribution >= 4 is 28.8 Å². The molecular weight excluding hydrogens is 271 g/mol. The average Bonchev–Trinajstić information content (AvgIpc) is 2.04. The van der Waals surface area contributed by atoms with E-state index in [9.17, 15) is 4.79 Å². The van der Waals surface area contributed by atoms with Gasteiger partial charge in [-0.3, -0.25) is 13.2 Å². The minimum atomic E-state index is 0.0599. The Morgan fingerprint density at radius 2 is 2.58 bits per heavy atom. The molecule has 1 heterocycles. The lowest BCUT2D eigenvalue weighted by Crippen LogP contribution is -2.44. The summed E-state index contributed by atoms with van der Waals surface area (Å²) >= 11 is 1.86. The van der Waals surface area contributed by atoms with Gasteiger partial charge in [-0.05, 0) is 6.92 Å². The molecular formula is C7H13IN2O2. The molecule has 12 heavy (non-hydrogen) atoms. The van der Waals surface area contributed by atoms with E-state index in [1.807, 2.05) is 29.8 Å². The quantitative estimate of drug-likeness (QED) is 0.581. The van der Waals surface area contributed by atoms with Gasteiger partial charge in [0.1, 0.15) is 0 Å². The number of amides is 1. The Morgan fingerprint density at radius 3 is 3.17 bits per heavy atom. The molecule has 1 aliphatic rings. The number of hydrogen-bond acceptors (Lipinski definition) is 3. The van der Waals surface area contributed by atoms with Gasteiger partial charge in [0.25, 0.3) is 0 Å². The Morgan fingerprint density at radius 1 is 1.83 bits per heavy atom. The van der Waals surface area contributed by atoms with Crippen molar-refractivity contribution in [2.45, 2.75) is 13.0 Å². The lowest BCUT2D eigenvalue weighted by atomic mass is 10.3. The predicted molar refractivity (Wildman–Crippen MR) is 54.0 cm³/mol. The molecule has 0 saturated carbocycles. The second kappa shape index (κ2) is 4.98. The van der Waals surface area contributed by atoms with Crippen LogP contribution >= 0.6 is 22.9 Å². The first-order valence-electron chi connectivity index (χ1n) is 3.96. The maximum atomic E-state index is 11.0. The van der Waals surface area contributed by atoms with Crippen molar-refractivity contribution in [2.75, 3.05) is 26.2 Å². The molecule has 0 bridgehead atoms. The van der Waals surface area contributed by atoms with E-state index < -0.39 is 0 Å². The predicted octanol–water partition coefficient (Wildman–Crippen LogP) is 0.173. The van der Waals surface area contributed by atoms with E-state index in [1.54, 1.807) is 0 Å². The number of rotatable bonds is 2. The summed E-state index contributed by atoms with van der Waals surface area (Å²) in [6.45, 7) is 4.94. The number of ether oxygens (including phenoxy) is 1. The van der Waals surface area contributed by atoms with Gasteiger partial charge in [-0.2, -0.15) is 0 Å². The van der Waals surface area contributed by atoms with Gasteiger partial charge in [0, 0.05) is 13.1 Å². The van der Waals surface area contributed by atoms with Crippen molar-refractivity contribution in [3.8, 4) is 0 Å². The highest BCUT2D eigenvalue weighted by atomic mass is 127. The molecule has 1 unspecified atom stereocenters. The maximum Gasteiger partial charge on any atom is 0.242 e. The number of morpholine rings is 1. The first-order valence-corrected chi connectivity index (χ1v) is 5.03. The lowest BCUT2D eigenvalue weighted by molar-refractivity contribution is -0.121. The van der Waals surface area contributed by atoms with Crippen LogP contribution in [0.2, 0.25) is 0 Å². The molecule has 1 rings (SSSR count). The minimum Gasteiger partial charge on any atom is -0.376 e. The Kier molecular flexibility index (Phi) is 4.24. The normalized spacial score (nSPS) is 25.3. The van der Waals surface area contributed by atoms with E-state index >= 15 is 0 Å². The van der Waals surface area contributed by atoms with Gasteiger partial charge in [-0.25, -0.2) is 0 Å². The SMILES string of the molecule is CC1CN(CC(=O)NI)CCO1. The summed E-state index contributed by atoms with van der Waals surface area (Å²) in [6, 6.07) is 0. The number of carbonyl (C=O) groups is 1. The highest BCUT2D eigenvalue weighted by Gasteiger charge is 2.18. The summed E-state index contributed by atoms with van der Waals surface area (Å²) in [4.78, 5) is 13.1. The molecule has 0 aromatic rings. The third-order valence-corrected chi connectivity index (χ3v) is 2.40. The zero-order valence-electron chi connectivity index (χ0n) is 7.05. The van der Waals surface area contributed by atoms with Crippen molar-refractivity contribution < 1.29 is 9.53 Å². The van der Waals surface area contributed by atoms with Crippen LogP contribution in [-0.2, 0) is 9.53 Å². The van der Waals surface area contributed by atoms with Gasteiger partial charge in [0.05, 0.1) is 42.1 Å². The second-order valence-corrected chi connectivity index (χ2v) is 3.47. The minimum absolute atomic E-state index is 0.0599. The summed E-state index contributed by atoms with van der Waals surface area (Å²) < 4.78 is 7.92. The van der Waals surface area contributed by atoms with E-state index in [0.29, 0.717) is 6.54 Å². The lowest BCUT2D eigenvalue weighted by Gasteiger charge is -2.30. The Labute approximate surface area is 86.1 Å². The van der Waals surface area contributed by atoms with E-state index in [0.717, 1.165) is 19.7 Å². The topological polar surface area (TPSA) is 41.6 Å². The molecule has 1 aliphatic heterocycles. The van der Waals surface area contributed by atoms with Gasteiger partial charge in [-0.1, -0.05) is 0 Å². The van der Waals surface area contributed by atoms with Crippen LogP contribution in [0, 0.1) is 0 Å². The first kappa shape index (κ1) is 10.2.